The molecule has 2 heterocycles. The van der Waals surface area contributed by atoms with Crippen LogP contribution >= 0.6 is 23.5 Å². The summed E-state index contributed by atoms with van der Waals surface area (Å²) in [4.78, 5) is 38.2. The Morgan fingerprint density at radius 2 is 1.87 bits per heavy atom. The number of carbonyl (C=O) groups is 3. The molecule has 0 radical (unpaired) electrons. The maximum atomic E-state index is 13.6. The molecule has 3 unspecified atom stereocenters. The molecule has 162 valence electrons. The zero-order chi connectivity index (χ0) is 21.8. The van der Waals surface area contributed by atoms with Gasteiger partial charge in [-0.1, -0.05) is 42.1 Å². The Labute approximate surface area is 186 Å². The van der Waals surface area contributed by atoms with Crippen molar-refractivity contribution in [2.45, 2.75) is 28.7 Å². The first-order valence-corrected chi connectivity index (χ1v) is 11.6. The third-order valence-corrected chi connectivity index (χ3v) is 7.37. The molecule has 3 amide bonds. The van der Waals surface area contributed by atoms with E-state index in [9.17, 15) is 18.8 Å². The number of thioether (sulfide) groups is 2. The smallest absolute Gasteiger partial charge is 0.414 e. The summed E-state index contributed by atoms with van der Waals surface area (Å²) in [5.74, 6) is -1.12. The average Bonchev–Trinajstić information content (AvgIpc) is 3.40. The second kappa shape index (κ2) is 9.61. The number of hydrogen-bond donors (Lipinski definition) is 3. The Morgan fingerprint density at radius 3 is 2.68 bits per heavy atom. The molecule has 0 saturated carbocycles. The number of imide groups is 1. The van der Waals surface area contributed by atoms with Crippen molar-refractivity contribution >= 4 is 47.1 Å². The Bertz CT molecular complexity index is 981. The van der Waals surface area contributed by atoms with Gasteiger partial charge in [-0.15, -0.1) is 11.8 Å². The number of para-hydroxylation sites is 1. The summed E-state index contributed by atoms with van der Waals surface area (Å²) in [6, 6.07) is 13.6. The Kier molecular flexibility index (Phi) is 6.67. The van der Waals surface area contributed by atoms with Gasteiger partial charge < -0.3 is 15.4 Å². The van der Waals surface area contributed by atoms with Gasteiger partial charge in [0.15, 0.2) is 5.37 Å². The number of fused-ring (bicyclic) bond motifs is 1. The van der Waals surface area contributed by atoms with Crippen LogP contribution in [0.3, 0.4) is 0 Å². The first-order chi connectivity index (χ1) is 15.0. The van der Waals surface area contributed by atoms with E-state index in [2.05, 4.69) is 16.0 Å². The molecule has 0 spiro atoms. The fourth-order valence-electron chi connectivity index (χ4n) is 3.31. The van der Waals surface area contributed by atoms with Crippen LogP contribution in [0.25, 0.3) is 0 Å². The Balaban J connectivity index is 1.28. The van der Waals surface area contributed by atoms with E-state index in [0.717, 1.165) is 10.6 Å². The molecule has 10 heteroatoms. The molecule has 31 heavy (non-hydrogen) atoms. The molecule has 0 aliphatic carbocycles. The van der Waals surface area contributed by atoms with Crippen molar-refractivity contribution in [1.29, 1.82) is 0 Å². The highest BCUT2D eigenvalue weighted by atomic mass is 32.2. The van der Waals surface area contributed by atoms with E-state index >= 15 is 0 Å². The zero-order valence-electron chi connectivity index (χ0n) is 16.3. The van der Waals surface area contributed by atoms with E-state index in [1.807, 2.05) is 24.3 Å². The summed E-state index contributed by atoms with van der Waals surface area (Å²) in [5.41, 5.74) is 1.12. The van der Waals surface area contributed by atoms with Crippen molar-refractivity contribution in [3.05, 3.63) is 59.9 Å². The van der Waals surface area contributed by atoms with Crippen LogP contribution in [0.15, 0.2) is 53.4 Å². The van der Waals surface area contributed by atoms with E-state index in [-0.39, 0.29) is 18.1 Å². The predicted molar refractivity (Wildman–Crippen MR) is 117 cm³/mol. The van der Waals surface area contributed by atoms with Crippen LogP contribution in [-0.2, 0) is 20.9 Å². The van der Waals surface area contributed by atoms with Gasteiger partial charge in [0.1, 0.15) is 12.4 Å². The van der Waals surface area contributed by atoms with Crippen LogP contribution in [-0.4, -0.2) is 34.4 Å². The molecule has 2 aliphatic rings. The lowest BCUT2D eigenvalue weighted by atomic mass is 10.1. The lowest BCUT2D eigenvalue weighted by molar-refractivity contribution is -0.125. The van der Waals surface area contributed by atoms with Crippen molar-refractivity contribution in [1.82, 2.24) is 10.6 Å². The van der Waals surface area contributed by atoms with E-state index in [1.54, 1.807) is 6.07 Å². The van der Waals surface area contributed by atoms with Gasteiger partial charge >= 0.3 is 6.09 Å². The molecule has 2 aromatic carbocycles. The summed E-state index contributed by atoms with van der Waals surface area (Å²) in [5, 5.41) is 7.33. The van der Waals surface area contributed by atoms with Crippen LogP contribution in [0.4, 0.5) is 14.9 Å². The number of rotatable bonds is 5. The van der Waals surface area contributed by atoms with Crippen molar-refractivity contribution in [2.24, 2.45) is 5.92 Å². The van der Waals surface area contributed by atoms with Crippen LogP contribution in [0.5, 0.6) is 0 Å². The fraction of sp³-hybridized carbons (Fsp3) is 0.286. The number of alkyl carbamates (subject to hydrolysis) is 1. The summed E-state index contributed by atoms with van der Waals surface area (Å²) in [6.07, 6.45) is -0.424. The van der Waals surface area contributed by atoms with Crippen LogP contribution < -0.4 is 16.0 Å². The number of halogens is 1. The van der Waals surface area contributed by atoms with Crippen molar-refractivity contribution in [3.63, 3.8) is 0 Å². The largest absolute Gasteiger partial charge is 0.444 e. The third kappa shape index (κ3) is 5.13. The lowest BCUT2D eigenvalue weighted by Crippen LogP contribution is -2.47. The molecule has 0 aromatic heterocycles. The first-order valence-electron chi connectivity index (χ1n) is 9.66. The van der Waals surface area contributed by atoms with Crippen LogP contribution in [0.1, 0.15) is 12.0 Å². The molecule has 0 bridgehead atoms. The molecule has 1 fully saturated rings. The van der Waals surface area contributed by atoms with Crippen molar-refractivity contribution < 1.29 is 23.5 Å². The van der Waals surface area contributed by atoms with Crippen LogP contribution in [0.2, 0.25) is 0 Å². The quantitative estimate of drug-likeness (QED) is 0.629. The van der Waals surface area contributed by atoms with Crippen molar-refractivity contribution in [2.75, 3.05) is 11.1 Å². The maximum Gasteiger partial charge on any atom is 0.414 e. The van der Waals surface area contributed by atoms with Gasteiger partial charge in [-0.25, -0.2) is 9.18 Å². The monoisotopic (exact) mass is 461 g/mol. The number of anilines is 1. The standard InChI is InChI=1S/C21H20FN3O4S2/c22-14-6-2-1-5-12(14)11-29-21(28)25-17(26)13-9-10-30-19(13)24-18(27)20-23-15-7-3-4-8-16(15)31-20/h1-8,13,19-20,23H,9-11H2,(H,24,27)(H,25,26,28). The van der Waals surface area contributed by atoms with Crippen LogP contribution in [0, 0.1) is 11.7 Å². The summed E-state index contributed by atoms with van der Waals surface area (Å²) >= 11 is 2.87. The number of hydrogen-bond acceptors (Lipinski definition) is 7. The highest BCUT2D eigenvalue weighted by Gasteiger charge is 2.38. The van der Waals surface area contributed by atoms with E-state index in [0.29, 0.717) is 12.2 Å². The molecule has 3 atom stereocenters. The topological polar surface area (TPSA) is 96.5 Å². The molecule has 2 aliphatic heterocycles. The first kappa shape index (κ1) is 21.5. The maximum absolute atomic E-state index is 13.6. The summed E-state index contributed by atoms with van der Waals surface area (Å²) in [7, 11) is 0. The van der Waals surface area contributed by atoms with Gasteiger partial charge in [0, 0.05) is 16.1 Å². The molecule has 3 N–H and O–H groups in total. The Hall–Kier alpha value is -2.72. The second-order valence-electron chi connectivity index (χ2n) is 6.99. The molecule has 4 rings (SSSR count). The third-order valence-electron chi connectivity index (χ3n) is 4.91. The van der Waals surface area contributed by atoms with E-state index < -0.39 is 34.5 Å². The molecular weight excluding hydrogens is 441 g/mol. The van der Waals surface area contributed by atoms with E-state index in [1.165, 1.54) is 41.7 Å². The second-order valence-corrected chi connectivity index (χ2v) is 9.39. The zero-order valence-corrected chi connectivity index (χ0v) is 17.9. The molecular formula is C21H20FN3O4S2. The Morgan fingerprint density at radius 1 is 1.10 bits per heavy atom. The summed E-state index contributed by atoms with van der Waals surface area (Å²) in [6.45, 7) is -0.281. The SMILES string of the molecule is O=C(NC(=O)C1CCSC1NC(=O)C1Nc2ccccc2S1)OCc1ccccc1F. The molecule has 7 nitrogen and oxygen atoms in total. The number of amides is 3. The molecule has 1 saturated heterocycles. The number of benzene rings is 2. The predicted octanol–water partition coefficient (Wildman–Crippen LogP) is 3.32. The van der Waals surface area contributed by atoms with Gasteiger partial charge in [0.25, 0.3) is 5.91 Å². The summed E-state index contributed by atoms with van der Waals surface area (Å²) < 4.78 is 18.6. The van der Waals surface area contributed by atoms with Gasteiger partial charge in [-0.3, -0.25) is 14.9 Å². The number of carbonyl (C=O) groups excluding carboxylic acids is 3. The highest BCUT2D eigenvalue weighted by molar-refractivity contribution is 8.01. The minimum Gasteiger partial charge on any atom is -0.444 e. The van der Waals surface area contributed by atoms with Gasteiger partial charge in [-0.05, 0) is 30.4 Å². The van der Waals surface area contributed by atoms with Crippen molar-refractivity contribution in [3.8, 4) is 0 Å². The van der Waals surface area contributed by atoms with E-state index in [4.69, 9.17) is 4.74 Å². The fourth-order valence-corrected chi connectivity index (χ4v) is 5.67. The van der Waals surface area contributed by atoms with Gasteiger partial charge in [-0.2, -0.15) is 0 Å². The van der Waals surface area contributed by atoms with Gasteiger partial charge in [0.2, 0.25) is 5.91 Å². The minimum atomic E-state index is -0.946. The highest BCUT2D eigenvalue weighted by Crippen LogP contribution is 2.38. The average molecular weight is 462 g/mol. The molecule has 2 aromatic rings. The lowest BCUT2D eigenvalue weighted by Gasteiger charge is -2.21. The number of ether oxygens (including phenoxy) is 1. The normalized spacial score (nSPS) is 21.6. The minimum absolute atomic E-state index is 0.217. The number of nitrogens with one attached hydrogen (secondary N) is 3. The van der Waals surface area contributed by atoms with Gasteiger partial charge in [0.05, 0.1) is 11.3 Å².